The number of guanidine groups is 1. The molecule has 28 heavy (non-hydrogen) atoms. The van der Waals surface area contributed by atoms with Crippen molar-refractivity contribution in [1.82, 2.24) is 15.1 Å². The lowest BCUT2D eigenvalue weighted by molar-refractivity contribution is 0.139. The van der Waals surface area contributed by atoms with Crippen molar-refractivity contribution in [2.45, 2.75) is 18.8 Å². The Balaban J connectivity index is 0.00000192. The molecule has 0 aromatic heterocycles. The third-order valence-corrected chi connectivity index (χ3v) is 7.12. The third-order valence-electron chi connectivity index (χ3n) is 7.12. The molecule has 5 rings (SSSR count). The van der Waals surface area contributed by atoms with Gasteiger partial charge in [0, 0.05) is 52.9 Å². The van der Waals surface area contributed by atoms with Crippen LogP contribution in [0.1, 0.15) is 23.5 Å². The molecule has 1 N–H and O–H groups in total. The van der Waals surface area contributed by atoms with Crippen LogP contribution in [0, 0.1) is 17.8 Å². The number of halogens is 1. The number of aliphatic imine (C=N–C) groups is 1. The summed E-state index contributed by atoms with van der Waals surface area (Å²) in [5.74, 6) is 4.28. The number of piperazine rings is 1. The summed E-state index contributed by atoms with van der Waals surface area (Å²) in [5.41, 5.74) is 3.19. The van der Waals surface area contributed by atoms with Crippen LogP contribution >= 0.6 is 24.0 Å². The van der Waals surface area contributed by atoms with Gasteiger partial charge >= 0.3 is 0 Å². The second kappa shape index (κ2) is 8.88. The summed E-state index contributed by atoms with van der Waals surface area (Å²) < 4.78 is 5.52. The van der Waals surface area contributed by atoms with Crippen LogP contribution in [0.15, 0.2) is 29.3 Å². The second-order valence-electron chi connectivity index (χ2n) is 8.70. The SMILES string of the molecule is CN=C(NCC1C2Cc3ccccc3C12)N1CCN(CC2CCOC2)CC1.I. The third kappa shape index (κ3) is 4.05. The standard InChI is InChI=1S/C22H32N4O.HI/c1-23-22(26-9-7-25(8-10-26)14-16-6-11-27-15-16)24-13-20-19-12-17-4-2-3-5-18(17)21(19)20;/h2-5,16,19-21H,6-15H2,1H3,(H,23,24);1H. The van der Waals surface area contributed by atoms with Crippen LogP contribution in [-0.2, 0) is 11.2 Å². The van der Waals surface area contributed by atoms with Gasteiger partial charge in [-0.05, 0) is 47.6 Å². The maximum atomic E-state index is 5.52. The van der Waals surface area contributed by atoms with Gasteiger partial charge in [-0.3, -0.25) is 9.89 Å². The van der Waals surface area contributed by atoms with Crippen LogP contribution in [0.2, 0.25) is 0 Å². The Morgan fingerprint density at radius 2 is 2.04 bits per heavy atom. The smallest absolute Gasteiger partial charge is 0.193 e. The van der Waals surface area contributed by atoms with Gasteiger partial charge in [0.25, 0.3) is 0 Å². The maximum Gasteiger partial charge on any atom is 0.193 e. The molecule has 4 unspecified atom stereocenters. The summed E-state index contributed by atoms with van der Waals surface area (Å²) in [4.78, 5) is 9.61. The van der Waals surface area contributed by atoms with Gasteiger partial charge in [0.2, 0.25) is 0 Å². The van der Waals surface area contributed by atoms with Crippen LogP contribution in [0.3, 0.4) is 0 Å². The van der Waals surface area contributed by atoms with E-state index in [1.54, 1.807) is 11.1 Å². The summed E-state index contributed by atoms with van der Waals surface area (Å²) in [6, 6.07) is 9.02. The lowest BCUT2D eigenvalue weighted by Crippen LogP contribution is -2.53. The molecule has 0 bridgehead atoms. The van der Waals surface area contributed by atoms with Crippen LogP contribution in [0.5, 0.6) is 0 Å². The van der Waals surface area contributed by atoms with Crippen molar-refractivity contribution in [1.29, 1.82) is 0 Å². The number of nitrogens with zero attached hydrogens (tertiary/aromatic N) is 3. The van der Waals surface area contributed by atoms with E-state index in [1.165, 1.54) is 19.4 Å². The van der Waals surface area contributed by atoms with Gasteiger partial charge in [-0.15, -0.1) is 24.0 Å². The fourth-order valence-corrected chi connectivity index (χ4v) is 5.54. The van der Waals surface area contributed by atoms with E-state index < -0.39 is 0 Å². The van der Waals surface area contributed by atoms with Crippen LogP contribution in [0.4, 0.5) is 0 Å². The molecule has 2 saturated heterocycles. The first kappa shape index (κ1) is 20.4. The summed E-state index contributed by atoms with van der Waals surface area (Å²) in [7, 11) is 1.92. The zero-order valence-electron chi connectivity index (χ0n) is 16.8. The summed E-state index contributed by atoms with van der Waals surface area (Å²) in [6.45, 7) is 8.60. The van der Waals surface area contributed by atoms with Gasteiger partial charge in [-0.25, -0.2) is 0 Å². The van der Waals surface area contributed by atoms with E-state index in [4.69, 9.17) is 4.74 Å². The number of nitrogens with one attached hydrogen (secondary N) is 1. The minimum Gasteiger partial charge on any atom is -0.381 e. The lowest BCUT2D eigenvalue weighted by atomic mass is 10.0. The fraction of sp³-hybridized carbons (Fsp3) is 0.682. The molecule has 1 aromatic carbocycles. The Bertz CT molecular complexity index is 698. The number of hydrogen-bond acceptors (Lipinski definition) is 3. The Morgan fingerprint density at radius 3 is 2.79 bits per heavy atom. The number of benzene rings is 1. The molecule has 1 saturated carbocycles. The Hall–Kier alpha value is -0.860. The van der Waals surface area contributed by atoms with Gasteiger partial charge in [0.05, 0.1) is 6.61 Å². The van der Waals surface area contributed by atoms with E-state index in [0.29, 0.717) is 0 Å². The molecule has 1 aromatic rings. The molecule has 2 heterocycles. The Labute approximate surface area is 185 Å². The Kier molecular flexibility index (Phi) is 6.47. The molecule has 6 heteroatoms. The van der Waals surface area contributed by atoms with Crippen molar-refractivity contribution in [3.05, 3.63) is 35.4 Å². The summed E-state index contributed by atoms with van der Waals surface area (Å²) in [5, 5.41) is 3.69. The zero-order chi connectivity index (χ0) is 18.2. The van der Waals surface area contributed by atoms with E-state index in [2.05, 4.69) is 44.4 Å². The van der Waals surface area contributed by atoms with Crippen molar-refractivity contribution >= 4 is 29.9 Å². The minimum absolute atomic E-state index is 0. The van der Waals surface area contributed by atoms with Crippen LogP contribution in [0.25, 0.3) is 0 Å². The average Bonchev–Trinajstić information content (AvgIpc) is 3.03. The molecule has 2 aliphatic heterocycles. The second-order valence-corrected chi connectivity index (χ2v) is 8.70. The molecule has 5 nitrogen and oxygen atoms in total. The zero-order valence-corrected chi connectivity index (χ0v) is 19.2. The molecule has 154 valence electrons. The van der Waals surface area contributed by atoms with Crippen LogP contribution in [-0.4, -0.2) is 75.3 Å². The van der Waals surface area contributed by atoms with Gasteiger partial charge in [-0.2, -0.15) is 0 Å². The first-order chi connectivity index (χ1) is 13.3. The molecule has 4 atom stereocenters. The van der Waals surface area contributed by atoms with E-state index in [-0.39, 0.29) is 24.0 Å². The topological polar surface area (TPSA) is 40.1 Å². The molecule has 0 spiro atoms. The number of rotatable bonds is 4. The van der Waals surface area contributed by atoms with E-state index in [0.717, 1.165) is 75.6 Å². The first-order valence-corrected chi connectivity index (χ1v) is 10.7. The van der Waals surface area contributed by atoms with Gasteiger partial charge in [0.15, 0.2) is 5.96 Å². The highest BCUT2D eigenvalue weighted by molar-refractivity contribution is 14.0. The fourth-order valence-electron chi connectivity index (χ4n) is 5.54. The molecule has 2 aliphatic carbocycles. The van der Waals surface area contributed by atoms with E-state index in [9.17, 15) is 0 Å². The highest BCUT2D eigenvalue weighted by Gasteiger charge is 2.55. The molecule has 0 radical (unpaired) electrons. The van der Waals surface area contributed by atoms with Gasteiger partial charge in [-0.1, -0.05) is 24.3 Å². The van der Waals surface area contributed by atoms with Gasteiger partial charge in [0.1, 0.15) is 0 Å². The largest absolute Gasteiger partial charge is 0.381 e. The van der Waals surface area contributed by atoms with Crippen molar-refractivity contribution < 1.29 is 4.74 Å². The molecule has 4 aliphatic rings. The molecular formula is C22H33IN4O. The molecule has 0 amide bonds. The lowest BCUT2D eigenvalue weighted by Gasteiger charge is -2.37. The average molecular weight is 496 g/mol. The maximum absolute atomic E-state index is 5.52. The number of hydrogen-bond donors (Lipinski definition) is 1. The monoisotopic (exact) mass is 496 g/mol. The number of ether oxygens (including phenoxy) is 1. The normalized spacial score (nSPS) is 31.9. The Morgan fingerprint density at radius 1 is 1.21 bits per heavy atom. The highest BCUT2D eigenvalue weighted by Crippen LogP contribution is 2.60. The molecular weight excluding hydrogens is 463 g/mol. The predicted molar refractivity (Wildman–Crippen MR) is 124 cm³/mol. The highest BCUT2D eigenvalue weighted by atomic mass is 127. The number of fused-ring (bicyclic) bond motifs is 3. The first-order valence-electron chi connectivity index (χ1n) is 10.7. The summed E-state index contributed by atoms with van der Waals surface area (Å²) in [6.07, 6.45) is 2.51. The van der Waals surface area contributed by atoms with Gasteiger partial charge < -0.3 is 15.0 Å². The van der Waals surface area contributed by atoms with Crippen molar-refractivity contribution in [3.8, 4) is 0 Å². The predicted octanol–water partition coefficient (Wildman–Crippen LogP) is 2.42. The van der Waals surface area contributed by atoms with Crippen LogP contribution < -0.4 is 5.32 Å². The quantitative estimate of drug-likeness (QED) is 0.395. The van der Waals surface area contributed by atoms with E-state index in [1.807, 2.05) is 7.05 Å². The van der Waals surface area contributed by atoms with Crippen molar-refractivity contribution in [2.75, 3.05) is 59.5 Å². The summed E-state index contributed by atoms with van der Waals surface area (Å²) >= 11 is 0. The minimum atomic E-state index is 0. The van der Waals surface area contributed by atoms with Crippen molar-refractivity contribution in [2.24, 2.45) is 22.7 Å². The molecule has 3 fully saturated rings. The van der Waals surface area contributed by atoms with E-state index >= 15 is 0 Å². The van der Waals surface area contributed by atoms with Crippen molar-refractivity contribution in [3.63, 3.8) is 0 Å².